The fourth-order valence-corrected chi connectivity index (χ4v) is 0.911. The zero-order valence-corrected chi connectivity index (χ0v) is 5.70. The van der Waals surface area contributed by atoms with E-state index in [9.17, 15) is 4.79 Å². The van der Waals surface area contributed by atoms with Crippen molar-refractivity contribution in [1.29, 1.82) is 0 Å². The lowest BCUT2D eigenvalue weighted by Crippen LogP contribution is -1.85. The largest absolute Gasteiger partial charge is 0.473 e. The maximum atomic E-state index is 9.84. The van der Waals surface area contributed by atoms with Crippen LogP contribution in [0.15, 0.2) is 0 Å². The highest BCUT2D eigenvalue weighted by Crippen LogP contribution is 2.03. The number of hydrogen-bond acceptors (Lipinski definition) is 2. The van der Waals surface area contributed by atoms with Gasteiger partial charge < -0.3 is 5.11 Å². The van der Waals surface area contributed by atoms with Gasteiger partial charge in [-0.15, -0.1) is 0 Å². The second kappa shape index (κ2) is 4.97. The Balaban J connectivity index is 2.82. The molecule has 2 nitrogen and oxygen atoms in total. The molecule has 0 radical (unpaired) electrons. The summed E-state index contributed by atoms with van der Waals surface area (Å²) in [6.07, 6.45) is 2.07. The lowest BCUT2D eigenvalue weighted by atomic mass is 10.4. The first kappa shape index (κ1) is 7.82. The van der Waals surface area contributed by atoms with Gasteiger partial charge >= 0.3 is 5.30 Å². The highest BCUT2D eigenvalue weighted by Gasteiger charge is 1.93. The standard InChI is InChI=1S/C5H10O2S/c1-2-3-4-8-5(6)7/h2-4H2,1H3,(H,6,7). The van der Waals surface area contributed by atoms with Gasteiger partial charge in [0.1, 0.15) is 0 Å². The zero-order chi connectivity index (χ0) is 6.41. The van der Waals surface area contributed by atoms with Crippen LogP contribution in [0, 0.1) is 0 Å². The quantitative estimate of drug-likeness (QED) is 0.601. The van der Waals surface area contributed by atoms with E-state index in [1.54, 1.807) is 0 Å². The van der Waals surface area contributed by atoms with Crippen molar-refractivity contribution < 1.29 is 9.90 Å². The molecule has 0 aromatic heterocycles. The normalized spacial score (nSPS) is 9.12. The molecule has 0 aliphatic carbocycles. The minimum atomic E-state index is -0.765. The number of hydrogen-bond donors (Lipinski definition) is 1. The molecule has 0 spiro atoms. The molecular weight excluding hydrogens is 124 g/mol. The first-order valence-electron chi connectivity index (χ1n) is 2.63. The van der Waals surface area contributed by atoms with Crippen LogP contribution in [0.3, 0.4) is 0 Å². The molecule has 0 fully saturated rings. The highest BCUT2D eigenvalue weighted by molar-refractivity contribution is 8.13. The van der Waals surface area contributed by atoms with Gasteiger partial charge in [-0.2, -0.15) is 0 Å². The first-order valence-corrected chi connectivity index (χ1v) is 3.61. The Morgan fingerprint density at radius 3 is 2.75 bits per heavy atom. The molecule has 48 valence electrons. The van der Waals surface area contributed by atoms with Crippen LogP contribution in [-0.2, 0) is 0 Å². The molecule has 0 heterocycles. The highest BCUT2D eigenvalue weighted by atomic mass is 32.2. The van der Waals surface area contributed by atoms with E-state index in [1.165, 1.54) is 0 Å². The molecule has 0 saturated carbocycles. The van der Waals surface area contributed by atoms with Gasteiger partial charge in [0, 0.05) is 5.75 Å². The smallest absolute Gasteiger partial charge is 0.364 e. The van der Waals surface area contributed by atoms with Crippen molar-refractivity contribution in [3.8, 4) is 0 Å². The van der Waals surface area contributed by atoms with Crippen molar-refractivity contribution in [2.45, 2.75) is 19.8 Å². The van der Waals surface area contributed by atoms with Gasteiger partial charge in [-0.25, -0.2) is 4.79 Å². The summed E-state index contributed by atoms with van der Waals surface area (Å²) in [5.74, 6) is 0.742. The van der Waals surface area contributed by atoms with Crippen LogP contribution in [-0.4, -0.2) is 16.2 Å². The summed E-state index contributed by atoms with van der Waals surface area (Å²) < 4.78 is 0. The monoisotopic (exact) mass is 134 g/mol. The maximum absolute atomic E-state index is 9.84. The van der Waals surface area contributed by atoms with E-state index in [-0.39, 0.29) is 0 Å². The molecule has 0 aromatic carbocycles. The van der Waals surface area contributed by atoms with Crippen molar-refractivity contribution >= 4 is 17.1 Å². The average Bonchev–Trinajstić information content (AvgIpc) is 1.66. The minimum absolute atomic E-state index is 0.742. The lowest BCUT2D eigenvalue weighted by Gasteiger charge is -1.89. The molecule has 0 bridgehead atoms. The van der Waals surface area contributed by atoms with Gasteiger partial charge in [0.2, 0.25) is 0 Å². The molecule has 8 heavy (non-hydrogen) atoms. The van der Waals surface area contributed by atoms with E-state index >= 15 is 0 Å². The molecule has 0 aromatic rings. The molecule has 3 heteroatoms. The SMILES string of the molecule is CCCCSC(=O)O. The number of thioether (sulfide) groups is 1. The van der Waals surface area contributed by atoms with E-state index in [0.717, 1.165) is 30.4 Å². The molecular formula is C5H10O2S. The molecule has 0 atom stereocenters. The summed E-state index contributed by atoms with van der Waals surface area (Å²) in [7, 11) is 0. The van der Waals surface area contributed by atoms with E-state index in [2.05, 4.69) is 0 Å². The van der Waals surface area contributed by atoms with Gasteiger partial charge in [-0.3, -0.25) is 0 Å². The van der Waals surface area contributed by atoms with Crippen molar-refractivity contribution in [2.75, 3.05) is 5.75 Å². The van der Waals surface area contributed by atoms with Crippen LogP contribution in [0.2, 0.25) is 0 Å². The lowest BCUT2D eigenvalue weighted by molar-refractivity contribution is 0.222. The zero-order valence-electron chi connectivity index (χ0n) is 4.89. The number of carboxylic acid groups (broad SMARTS) is 1. The summed E-state index contributed by atoms with van der Waals surface area (Å²) in [5.41, 5.74) is 0. The molecule has 0 saturated heterocycles. The van der Waals surface area contributed by atoms with Gasteiger partial charge in [0.25, 0.3) is 0 Å². The summed E-state index contributed by atoms with van der Waals surface area (Å²) in [5, 5.41) is 7.34. The third-order valence-corrected chi connectivity index (χ3v) is 1.46. The van der Waals surface area contributed by atoms with Gasteiger partial charge in [-0.05, 0) is 18.2 Å². The second-order valence-corrected chi connectivity index (χ2v) is 2.51. The van der Waals surface area contributed by atoms with Crippen molar-refractivity contribution in [2.24, 2.45) is 0 Å². The molecule has 0 unspecified atom stereocenters. The summed E-state index contributed by atoms with van der Waals surface area (Å²) in [6, 6.07) is 0. The maximum Gasteiger partial charge on any atom is 0.364 e. The topological polar surface area (TPSA) is 37.3 Å². The summed E-state index contributed by atoms with van der Waals surface area (Å²) in [4.78, 5) is 9.84. The van der Waals surface area contributed by atoms with Crippen LogP contribution in [0.5, 0.6) is 0 Å². The second-order valence-electron chi connectivity index (χ2n) is 1.47. The van der Waals surface area contributed by atoms with Gasteiger partial charge in [0.15, 0.2) is 0 Å². The van der Waals surface area contributed by atoms with E-state index < -0.39 is 5.30 Å². The van der Waals surface area contributed by atoms with Crippen LogP contribution >= 0.6 is 11.8 Å². The number of carbonyl (C=O) groups is 1. The minimum Gasteiger partial charge on any atom is -0.473 e. The van der Waals surface area contributed by atoms with Crippen molar-refractivity contribution in [3.05, 3.63) is 0 Å². The summed E-state index contributed by atoms with van der Waals surface area (Å²) in [6.45, 7) is 2.04. The molecule has 0 aliphatic heterocycles. The van der Waals surface area contributed by atoms with Crippen LogP contribution in [0.25, 0.3) is 0 Å². The molecule has 0 aliphatic rings. The van der Waals surface area contributed by atoms with Crippen LogP contribution < -0.4 is 0 Å². The fraction of sp³-hybridized carbons (Fsp3) is 0.800. The first-order chi connectivity index (χ1) is 3.77. The van der Waals surface area contributed by atoms with E-state index in [4.69, 9.17) is 5.11 Å². The Bertz CT molecular complexity index is 72.8. The van der Waals surface area contributed by atoms with Crippen molar-refractivity contribution in [3.63, 3.8) is 0 Å². The Labute approximate surface area is 53.3 Å². The van der Waals surface area contributed by atoms with Crippen LogP contribution in [0.1, 0.15) is 19.8 Å². The predicted molar refractivity (Wildman–Crippen MR) is 35.4 cm³/mol. The Kier molecular flexibility index (Phi) is 4.85. The number of unbranched alkanes of at least 4 members (excludes halogenated alkanes) is 1. The molecule has 1 N–H and O–H groups in total. The third-order valence-electron chi connectivity index (χ3n) is 0.723. The van der Waals surface area contributed by atoms with Gasteiger partial charge in [0.05, 0.1) is 0 Å². The van der Waals surface area contributed by atoms with Crippen LogP contribution in [0.4, 0.5) is 4.79 Å². The third kappa shape index (κ3) is 5.82. The number of rotatable bonds is 3. The van der Waals surface area contributed by atoms with E-state index in [1.807, 2.05) is 6.92 Å². The molecule has 0 amide bonds. The Morgan fingerprint density at radius 2 is 2.38 bits per heavy atom. The predicted octanol–water partition coefficient (Wildman–Crippen LogP) is 2.20. The Hall–Kier alpha value is -0.180. The fourth-order valence-electron chi connectivity index (χ4n) is 0.304. The van der Waals surface area contributed by atoms with E-state index in [0.29, 0.717) is 0 Å². The van der Waals surface area contributed by atoms with Gasteiger partial charge in [-0.1, -0.05) is 13.3 Å². The summed E-state index contributed by atoms with van der Waals surface area (Å²) >= 11 is 0.972. The molecule has 0 rings (SSSR count). The average molecular weight is 134 g/mol. The van der Waals surface area contributed by atoms with Crippen molar-refractivity contribution in [1.82, 2.24) is 0 Å². The Morgan fingerprint density at radius 1 is 1.75 bits per heavy atom.